The van der Waals surface area contributed by atoms with E-state index in [0.29, 0.717) is 6.42 Å². The summed E-state index contributed by atoms with van der Waals surface area (Å²) in [5, 5.41) is 5.91. The Balaban J connectivity index is 2.95. The van der Waals surface area contributed by atoms with Crippen LogP contribution in [0.5, 0.6) is 0 Å². The quantitative estimate of drug-likeness (QED) is 0.536. The highest BCUT2D eigenvalue weighted by atomic mass is 16.5. The van der Waals surface area contributed by atoms with Crippen LogP contribution in [-0.4, -0.2) is 39.8 Å². The lowest BCUT2D eigenvalue weighted by Gasteiger charge is -2.03. The molecular formula is C10H22N2O2. The Labute approximate surface area is 86.4 Å². The largest absolute Gasteiger partial charge is 0.385 e. The Morgan fingerprint density at radius 3 is 2.57 bits per heavy atom. The third kappa shape index (κ3) is 9.48. The topological polar surface area (TPSA) is 50.4 Å². The predicted octanol–water partition coefficient (Wildman–Crippen LogP) is 0.529. The Morgan fingerprint density at radius 1 is 1.21 bits per heavy atom. The molecule has 0 aromatic rings. The van der Waals surface area contributed by atoms with Gasteiger partial charge in [-0.15, -0.1) is 0 Å². The van der Waals surface area contributed by atoms with E-state index in [2.05, 4.69) is 10.6 Å². The maximum atomic E-state index is 10.8. The molecule has 0 heterocycles. The first-order valence-corrected chi connectivity index (χ1v) is 5.21. The number of ether oxygens (including phenoxy) is 1. The van der Waals surface area contributed by atoms with Crippen LogP contribution in [0.1, 0.15) is 25.7 Å². The molecule has 0 unspecified atom stereocenters. The van der Waals surface area contributed by atoms with Gasteiger partial charge in [0.05, 0.1) is 0 Å². The number of hydrogen-bond donors (Lipinski definition) is 2. The van der Waals surface area contributed by atoms with Crippen LogP contribution in [0, 0.1) is 0 Å². The van der Waals surface area contributed by atoms with E-state index >= 15 is 0 Å². The van der Waals surface area contributed by atoms with Crippen LogP contribution in [-0.2, 0) is 9.53 Å². The summed E-state index contributed by atoms with van der Waals surface area (Å²) in [6.45, 7) is 2.79. The second kappa shape index (κ2) is 10.5. The van der Waals surface area contributed by atoms with Gasteiger partial charge in [0.25, 0.3) is 0 Å². The third-order valence-electron chi connectivity index (χ3n) is 1.99. The second-order valence-electron chi connectivity index (χ2n) is 3.23. The van der Waals surface area contributed by atoms with Gasteiger partial charge in [0.1, 0.15) is 0 Å². The Kier molecular flexibility index (Phi) is 10.0. The SMILES string of the molecule is CNC(=O)CCCCNCCCOC. The maximum absolute atomic E-state index is 10.8. The first kappa shape index (κ1) is 13.4. The molecule has 0 aliphatic carbocycles. The number of rotatable bonds is 9. The van der Waals surface area contributed by atoms with Crippen molar-refractivity contribution in [3.05, 3.63) is 0 Å². The summed E-state index contributed by atoms with van der Waals surface area (Å²) in [5.74, 6) is 0.129. The molecule has 0 bridgehead atoms. The van der Waals surface area contributed by atoms with Gasteiger partial charge in [0.15, 0.2) is 0 Å². The molecule has 4 nitrogen and oxygen atoms in total. The number of nitrogens with one attached hydrogen (secondary N) is 2. The molecule has 0 radical (unpaired) electrons. The van der Waals surface area contributed by atoms with Crippen LogP contribution >= 0.6 is 0 Å². The van der Waals surface area contributed by atoms with E-state index in [1.807, 2.05) is 0 Å². The summed E-state index contributed by atoms with van der Waals surface area (Å²) in [4.78, 5) is 10.8. The normalized spacial score (nSPS) is 10.1. The molecule has 0 aliphatic rings. The summed E-state index contributed by atoms with van der Waals surface area (Å²) >= 11 is 0. The molecule has 0 aliphatic heterocycles. The van der Waals surface area contributed by atoms with Gasteiger partial charge in [-0.25, -0.2) is 0 Å². The predicted molar refractivity (Wildman–Crippen MR) is 57.3 cm³/mol. The minimum absolute atomic E-state index is 0.129. The fraction of sp³-hybridized carbons (Fsp3) is 0.900. The van der Waals surface area contributed by atoms with E-state index in [1.165, 1.54) is 0 Å². The third-order valence-corrected chi connectivity index (χ3v) is 1.99. The lowest BCUT2D eigenvalue weighted by atomic mass is 10.2. The van der Waals surface area contributed by atoms with Crippen molar-refractivity contribution in [2.24, 2.45) is 0 Å². The zero-order valence-electron chi connectivity index (χ0n) is 9.27. The highest BCUT2D eigenvalue weighted by Gasteiger charge is 1.96. The van der Waals surface area contributed by atoms with E-state index < -0.39 is 0 Å². The Morgan fingerprint density at radius 2 is 1.93 bits per heavy atom. The van der Waals surface area contributed by atoms with E-state index in [-0.39, 0.29) is 5.91 Å². The average molecular weight is 202 g/mol. The van der Waals surface area contributed by atoms with Gasteiger partial charge in [0.2, 0.25) is 5.91 Å². The van der Waals surface area contributed by atoms with Gasteiger partial charge < -0.3 is 15.4 Å². The van der Waals surface area contributed by atoms with Crippen molar-refractivity contribution in [3.8, 4) is 0 Å². The van der Waals surface area contributed by atoms with E-state index in [0.717, 1.165) is 39.0 Å². The lowest BCUT2D eigenvalue weighted by Crippen LogP contribution is -2.20. The van der Waals surface area contributed by atoms with Crippen LogP contribution in [0.25, 0.3) is 0 Å². The lowest BCUT2D eigenvalue weighted by molar-refractivity contribution is -0.120. The second-order valence-corrected chi connectivity index (χ2v) is 3.23. The van der Waals surface area contributed by atoms with Crippen LogP contribution in [0.15, 0.2) is 0 Å². The van der Waals surface area contributed by atoms with Crippen molar-refractivity contribution in [1.82, 2.24) is 10.6 Å². The fourth-order valence-corrected chi connectivity index (χ4v) is 1.13. The van der Waals surface area contributed by atoms with Crippen LogP contribution < -0.4 is 10.6 Å². The molecule has 1 amide bonds. The molecule has 0 aromatic carbocycles. The van der Waals surface area contributed by atoms with Gasteiger partial charge in [-0.05, 0) is 32.4 Å². The molecule has 0 fully saturated rings. The first-order chi connectivity index (χ1) is 6.81. The van der Waals surface area contributed by atoms with Gasteiger partial charge >= 0.3 is 0 Å². The monoisotopic (exact) mass is 202 g/mol. The van der Waals surface area contributed by atoms with Gasteiger partial charge in [-0.1, -0.05) is 0 Å². The number of unbranched alkanes of at least 4 members (excludes halogenated alkanes) is 1. The number of carbonyl (C=O) groups is 1. The van der Waals surface area contributed by atoms with Crippen molar-refractivity contribution in [3.63, 3.8) is 0 Å². The van der Waals surface area contributed by atoms with Gasteiger partial charge in [-0.3, -0.25) is 4.79 Å². The van der Waals surface area contributed by atoms with E-state index in [4.69, 9.17) is 4.74 Å². The molecule has 0 aromatic heterocycles. The van der Waals surface area contributed by atoms with Gasteiger partial charge in [0, 0.05) is 27.2 Å². The first-order valence-electron chi connectivity index (χ1n) is 5.21. The number of carbonyl (C=O) groups excluding carboxylic acids is 1. The Bertz CT molecular complexity index is 140. The minimum atomic E-state index is 0.129. The summed E-state index contributed by atoms with van der Waals surface area (Å²) in [7, 11) is 3.38. The maximum Gasteiger partial charge on any atom is 0.219 e. The smallest absolute Gasteiger partial charge is 0.219 e. The Hall–Kier alpha value is -0.610. The average Bonchev–Trinajstić information content (AvgIpc) is 2.21. The number of hydrogen-bond acceptors (Lipinski definition) is 3. The van der Waals surface area contributed by atoms with Crippen molar-refractivity contribution in [1.29, 1.82) is 0 Å². The van der Waals surface area contributed by atoms with Crippen molar-refractivity contribution in [2.45, 2.75) is 25.7 Å². The summed E-state index contributed by atoms with van der Waals surface area (Å²) in [5.41, 5.74) is 0. The molecule has 4 heteroatoms. The molecule has 0 atom stereocenters. The zero-order valence-corrected chi connectivity index (χ0v) is 9.27. The van der Waals surface area contributed by atoms with Crippen molar-refractivity contribution >= 4 is 5.91 Å². The highest BCUT2D eigenvalue weighted by Crippen LogP contribution is 1.93. The minimum Gasteiger partial charge on any atom is -0.385 e. The van der Waals surface area contributed by atoms with E-state index in [1.54, 1.807) is 14.2 Å². The molecule has 0 spiro atoms. The van der Waals surface area contributed by atoms with E-state index in [9.17, 15) is 4.79 Å². The van der Waals surface area contributed by atoms with Crippen LogP contribution in [0.4, 0.5) is 0 Å². The highest BCUT2D eigenvalue weighted by molar-refractivity contribution is 5.75. The molecule has 14 heavy (non-hydrogen) atoms. The fourth-order valence-electron chi connectivity index (χ4n) is 1.13. The number of methoxy groups -OCH3 is 1. The summed E-state index contributed by atoms with van der Waals surface area (Å²) < 4.78 is 4.92. The molecule has 0 saturated carbocycles. The summed E-state index contributed by atoms with van der Waals surface area (Å²) in [6, 6.07) is 0. The number of amides is 1. The molecule has 2 N–H and O–H groups in total. The molecule has 0 rings (SSSR count). The standard InChI is InChI=1S/C10H22N2O2/c1-11-10(13)6-3-4-7-12-8-5-9-14-2/h12H,3-9H2,1-2H3,(H,11,13). The zero-order chi connectivity index (χ0) is 10.6. The molecular weight excluding hydrogens is 180 g/mol. The van der Waals surface area contributed by atoms with Crippen LogP contribution in [0.3, 0.4) is 0 Å². The molecule has 0 saturated heterocycles. The van der Waals surface area contributed by atoms with Crippen molar-refractivity contribution in [2.75, 3.05) is 33.9 Å². The van der Waals surface area contributed by atoms with Crippen molar-refractivity contribution < 1.29 is 9.53 Å². The molecule has 84 valence electrons. The van der Waals surface area contributed by atoms with Crippen LogP contribution in [0.2, 0.25) is 0 Å². The summed E-state index contributed by atoms with van der Waals surface area (Å²) in [6.07, 6.45) is 3.69. The van der Waals surface area contributed by atoms with Gasteiger partial charge in [-0.2, -0.15) is 0 Å².